The van der Waals surface area contributed by atoms with Gasteiger partial charge in [0.25, 0.3) is 0 Å². The molecule has 3 heterocycles. The molecule has 2 atom stereocenters. The maximum atomic E-state index is 13.0. The summed E-state index contributed by atoms with van der Waals surface area (Å²) in [5.74, 6) is 1.73. The van der Waals surface area contributed by atoms with Crippen LogP contribution < -0.4 is 19.7 Å². The number of amides is 2. The lowest BCUT2D eigenvalue weighted by molar-refractivity contribution is -0.127. The minimum absolute atomic E-state index is 0.0680. The quantitative estimate of drug-likeness (QED) is 0.815. The van der Waals surface area contributed by atoms with Crippen LogP contribution in [0.5, 0.6) is 11.5 Å². The van der Waals surface area contributed by atoms with E-state index in [1.165, 1.54) is 0 Å². The number of carbonyl (C=O) groups excluding carboxylic acids is 2. The summed E-state index contributed by atoms with van der Waals surface area (Å²) in [6.45, 7) is 3.26. The number of hydrogen-bond acceptors (Lipinski definition) is 6. The van der Waals surface area contributed by atoms with Crippen LogP contribution in [0, 0.1) is 18.8 Å². The maximum absolute atomic E-state index is 13.0. The van der Waals surface area contributed by atoms with Gasteiger partial charge in [-0.05, 0) is 43.9 Å². The van der Waals surface area contributed by atoms with E-state index in [4.69, 9.17) is 9.47 Å². The monoisotopic (exact) mass is 408 g/mol. The highest BCUT2D eigenvalue weighted by Crippen LogP contribution is 2.40. The Morgan fingerprint density at radius 1 is 1.20 bits per heavy atom. The van der Waals surface area contributed by atoms with Gasteiger partial charge in [0.05, 0.1) is 12.0 Å². The molecule has 1 aromatic carbocycles. The van der Waals surface area contributed by atoms with Crippen LogP contribution in [-0.2, 0) is 9.59 Å². The summed E-state index contributed by atoms with van der Waals surface area (Å²) < 4.78 is 11.2. The van der Waals surface area contributed by atoms with Crippen LogP contribution in [0.15, 0.2) is 30.5 Å². The van der Waals surface area contributed by atoms with Crippen LogP contribution in [0.4, 0.5) is 5.69 Å². The van der Waals surface area contributed by atoms with Crippen molar-refractivity contribution in [2.24, 2.45) is 11.8 Å². The van der Waals surface area contributed by atoms with E-state index in [-0.39, 0.29) is 24.3 Å². The summed E-state index contributed by atoms with van der Waals surface area (Å²) in [5.41, 5.74) is 1.60. The SMILES string of the molecule is Cc1ccnc([C@@H](NC(=O)[C@@H]2CC(=O)N(c3ccc4c(c3)OCCO4)C2)C2CC2)n1. The highest BCUT2D eigenvalue weighted by molar-refractivity contribution is 6.00. The summed E-state index contributed by atoms with van der Waals surface area (Å²) in [4.78, 5) is 36.2. The zero-order valence-electron chi connectivity index (χ0n) is 16.8. The molecule has 0 spiro atoms. The fourth-order valence-corrected chi connectivity index (χ4v) is 4.04. The van der Waals surface area contributed by atoms with Crippen LogP contribution in [0.3, 0.4) is 0 Å². The van der Waals surface area contributed by atoms with Gasteiger partial charge in [-0.3, -0.25) is 9.59 Å². The Balaban J connectivity index is 1.29. The van der Waals surface area contributed by atoms with E-state index in [2.05, 4.69) is 15.3 Å². The molecule has 0 radical (unpaired) electrons. The Bertz CT molecular complexity index is 991. The van der Waals surface area contributed by atoms with Gasteiger partial charge in [0.2, 0.25) is 11.8 Å². The van der Waals surface area contributed by atoms with Crippen molar-refractivity contribution in [2.75, 3.05) is 24.7 Å². The molecule has 1 aliphatic carbocycles. The Hall–Kier alpha value is -3.16. The smallest absolute Gasteiger partial charge is 0.227 e. The second-order valence-corrected chi connectivity index (χ2v) is 8.11. The highest BCUT2D eigenvalue weighted by Gasteiger charge is 2.40. The predicted molar refractivity (Wildman–Crippen MR) is 108 cm³/mol. The van der Waals surface area contributed by atoms with Gasteiger partial charge in [0.1, 0.15) is 13.2 Å². The number of carbonyl (C=O) groups is 2. The number of fused-ring (bicyclic) bond motifs is 1. The molecule has 1 saturated heterocycles. The maximum Gasteiger partial charge on any atom is 0.227 e. The van der Waals surface area contributed by atoms with Gasteiger partial charge < -0.3 is 19.7 Å². The Kier molecular flexibility index (Phi) is 4.77. The number of aryl methyl sites for hydroxylation is 1. The summed E-state index contributed by atoms with van der Waals surface area (Å²) in [6, 6.07) is 7.09. The molecule has 2 fully saturated rings. The van der Waals surface area contributed by atoms with Crippen molar-refractivity contribution in [3.63, 3.8) is 0 Å². The average molecular weight is 408 g/mol. The molecule has 1 aromatic heterocycles. The van der Waals surface area contributed by atoms with Crippen LogP contribution >= 0.6 is 0 Å². The molecule has 156 valence electrons. The van der Waals surface area contributed by atoms with Gasteiger partial charge in [-0.15, -0.1) is 0 Å². The molecule has 8 heteroatoms. The minimum atomic E-state index is -0.406. The number of hydrogen-bond donors (Lipinski definition) is 1. The van der Waals surface area contributed by atoms with Crippen molar-refractivity contribution in [3.05, 3.63) is 42.0 Å². The van der Waals surface area contributed by atoms with E-state index in [1.54, 1.807) is 17.2 Å². The zero-order valence-corrected chi connectivity index (χ0v) is 16.8. The topological polar surface area (TPSA) is 93.7 Å². The van der Waals surface area contributed by atoms with Crippen LogP contribution in [-0.4, -0.2) is 41.5 Å². The molecule has 2 aliphatic heterocycles. The first-order valence-corrected chi connectivity index (χ1v) is 10.4. The first-order chi connectivity index (χ1) is 14.6. The summed E-state index contributed by atoms with van der Waals surface area (Å²) in [6.07, 6.45) is 4.01. The van der Waals surface area contributed by atoms with Gasteiger partial charge in [0, 0.05) is 36.6 Å². The Labute approximate surface area is 174 Å². The second kappa shape index (κ2) is 7.59. The van der Waals surface area contributed by atoms with Crippen LogP contribution in [0.2, 0.25) is 0 Å². The molecule has 0 unspecified atom stereocenters. The van der Waals surface area contributed by atoms with Crippen LogP contribution in [0.25, 0.3) is 0 Å². The number of ether oxygens (including phenoxy) is 2. The van der Waals surface area contributed by atoms with Gasteiger partial charge in [-0.2, -0.15) is 0 Å². The molecule has 5 rings (SSSR count). The summed E-state index contributed by atoms with van der Waals surface area (Å²) in [7, 11) is 0. The van der Waals surface area contributed by atoms with E-state index < -0.39 is 5.92 Å². The molecule has 1 saturated carbocycles. The van der Waals surface area contributed by atoms with E-state index in [0.717, 1.165) is 24.2 Å². The molecule has 8 nitrogen and oxygen atoms in total. The van der Waals surface area contributed by atoms with E-state index >= 15 is 0 Å². The minimum Gasteiger partial charge on any atom is -0.486 e. The number of benzene rings is 1. The second-order valence-electron chi connectivity index (χ2n) is 8.11. The lowest BCUT2D eigenvalue weighted by atomic mass is 10.1. The van der Waals surface area contributed by atoms with Crippen molar-refractivity contribution in [1.82, 2.24) is 15.3 Å². The number of nitrogens with one attached hydrogen (secondary N) is 1. The van der Waals surface area contributed by atoms with Gasteiger partial charge in [-0.25, -0.2) is 9.97 Å². The lowest BCUT2D eigenvalue weighted by Gasteiger charge is -2.22. The number of rotatable bonds is 5. The third kappa shape index (κ3) is 3.69. The Morgan fingerprint density at radius 2 is 2.00 bits per heavy atom. The largest absolute Gasteiger partial charge is 0.486 e. The number of anilines is 1. The molecule has 30 heavy (non-hydrogen) atoms. The molecule has 3 aliphatic rings. The summed E-state index contributed by atoms with van der Waals surface area (Å²) >= 11 is 0. The van der Waals surface area contributed by atoms with Crippen molar-refractivity contribution < 1.29 is 19.1 Å². The Morgan fingerprint density at radius 3 is 2.77 bits per heavy atom. The molecule has 2 amide bonds. The van der Waals surface area contributed by atoms with Crippen molar-refractivity contribution in [3.8, 4) is 11.5 Å². The highest BCUT2D eigenvalue weighted by atomic mass is 16.6. The first-order valence-electron chi connectivity index (χ1n) is 10.4. The van der Waals surface area contributed by atoms with E-state index in [9.17, 15) is 9.59 Å². The van der Waals surface area contributed by atoms with Crippen molar-refractivity contribution in [1.29, 1.82) is 0 Å². The first kappa shape index (κ1) is 18.8. The van der Waals surface area contributed by atoms with E-state index in [0.29, 0.717) is 43.0 Å². The lowest BCUT2D eigenvalue weighted by Crippen LogP contribution is -2.37. The van der Waals surface area contributed by atoms with Gasteiger partial charge in [-0.1, -0.05) is 0 Å². The normalized spacial score (nSPS) is 21.4. The third-order valence-corrected chi connectivity index (χ3v) is 5.82. The fourth-order valence-electron chi connectivity index (χ4n) is 4.04. The average Bonchev–Trinajstić information content (AvgIpc) is 3.52. The summed E-state index contributed by atoms with van der Waals surface area (Å²) in [5, 5.41) is 3.12. The van der Waals surface area contributed by atoms with E-state index in [1.807, 2.05) is 25.1 Å². The predicted octanol–water partition coefficient (Wildman–Crippen LogP) is 2.18. The zero-order chi connectivity index (χ0) is 20.7. The molecular weight excluding hydrogens is 384 g/mol. The third-order valence-electron chi connectivity index (χ3n) is 5.82. The van der Waals surface area contributed by atoms with Crippen molar-refractivity contribution >= 4 is 17.5 Å². The van der Waals surface area contributed by atoms with Crippen LogP contribution in [0.1, 0.15) is 36.8 Å². The molecular formula is C22H24N4O4. The molecule has 1 N–H and O–H groups in total. The number of nitrogens with zero attached hydrogens (tertiary/aromatic N) is 3. The van der Waals surface area contributed by atoms with Gasteiger partial charge >= 0.3 is 0 Å². The van der Waals surface area contributed by atoms with Gasteiger partial charge in [0.15, 0.2) is 17.3 Å². The molecule has 2 aromatic rings. The fraction of sp³-hybridized carbons (Fsp3) is 0.455. The standard InChI is InChI=1S/C22H24N4O4/c1-13-6-7-23-21(24-13)20(14-2-3-14)25-22(28)15-10-19(27)26(12-15)16-4-5-17-18(11-16)30-9-8-29-17/h4-7,11,14-15,20H,2-3,8-10,12H2,1H3,(H,25,28)/t15-,20+/m1/s1. The molecule has 0 bridgehead atoms. The number of aromatic nitrogens is 2. The van der Waals surface area contributed by atoms with Crippen molar-refractivity contribution in [2.45, 2.75) is 32.2 Å².